The maximum absolute atomic E-state index is 12.7. The zero-order chi connectivity index (χ0) is 17.5. The normalized spacial score (nSPS) is 21.2. The van der Waals surface area contributed by atoms with Crippen molar-refractivity contribution in [3.8, 4) is 0 Å². The molecule has 2 N–H and O–H groups in total. The number of carbonyl (C=O) groups is 1. The Hall–Kier alpha value is -2.28. The number of nitrogens with one attached hydrogen (secondary N) is 2. The van der Waals surface area contributed by atoms with Crippen molar-refractivity contribution in [1.29, 1.82) is 0 Å². The predicted molar refractivity (Wildman–Crippen MR) is 94.6 cm³/mol. The Balaban J connectivity index is 1.64. The molecule has 1 amide bonds. The summed E-state index contributed by atoms with van der Waals surface area (Å²) in [6, 6.07) is 0. The zero-order valence-corrected chi connectivity index (χ0v) is 14.7. The Bertz CT molecular complexity index is 659. The summed E-state index contributed by atoms with van der Waals surface area (Å²) in [5.41, 5.74) is 0.653. The molecule has 25 heavy (non-hydrogen) atoms. The maximum Gasteiger partial charge on any atom is 0.227 e. The van der Waals surface area contributed by atoms with Crippen LogP contribution in [0.15, 0.2) is 31.0 Å². The second-order valence-corrected chi connectivity index (χ2v) is 6.76. The average Bonchev–Trinajstić information content (AvgIpc) is 3.15. The third-order valence-corrected chi connectivity index (χ3v) is 5.00. The van der Waals surface area contributed by atoms with Crippen LogP contribution in [-0.4, -0.2) is 50.9 Å². The van der Waals surface area contributed by atoms with Gasteiger partial charge in [-0.1, -0.05) is 0 Å². The molecule has 3 rings (SSSR count). The third kappa shape index (κ3) is 4.42. The molecule has 7 heteroatoms. The van der Waals surface area contributed by atoms with Gasteiger partial charge in [-0.25, -0.2) is 4.98 Å². The Morgan fingerprint density at radius 2 is 2.28 bits per heavy atom. The van der Waals surface area contributed by atoms with E-state index in [1.807, 2.05) is 6.20 Å². The lowest BCUT2D eigenvalue weighted by Crippen LogP contribution is -2.51. The van der Waals surface area contributed by atoms with Crippen molar-refractivity contribution >= 4 is 5.91 Å². The number of hydrogen-bond donors (Lipinski definition) is 2. The van der Waals surface area contributed by atoms with Crippen molar-refractivity contribution < 1.29 is 4.79 Å². The lowest BCUT2D eigenvalue weighted by atomic mass is 9.75. The Morgan fingerprint density at radius 3 is 3.00 bits per heavy atom. The second kappa shape index (κ2) is 8.20. The fourth-order valence-electron chi connectivity index (χ4n) is 3.79. The van der Waals surface area contributed by atoms with E-state index < -0.39 is 0 Å². The zero-order valence-electron chi connectivity index (χ0n) is 14.7. The molecule has 7 nitrogen and oxygen atoms in total. The molecule has 0 aliphatic carbocycles. The lowest BCUT2D eigenvalue weighted by molar-refractivity contribution is -0.134. The van der Waals surface area contributed by atoms with Crippen molar-refractivity contribution in [2.45, 2.75) is 38.6 Å². The van der Waals surface area contributed by atoms with Gasteiger partial charge in [0.25, 0.3) is 0 Å². The van der Waals surface area contributed by atoms with Gasteiger partial charge in [-0.05, 0) is 38.6 Å². The lowest BCUT2D eigenvalue weighted by Gasteiger charge is -2.41. The van der Waals surface area contributed by atoms with Crippen LogP contribution in [0, 0.1) is 5.41 Å². The molecular weight excluding hydrogens is 316 g/mol. The third-order valence-electron chi connectivity index (χ3n) is 5.00. The van der Waals surface area contributed by atoms with Gasteiger partial charge in [-0.15, -0.1) is 0 Å². The Kier molecular flexibility index (Phi) is 5.75. The minimum atomic E-state index is -0.332. The number of likely N-dealkylation sites (tertiary alicyclic amines) is 1. The molecule has 134 valence electrons. The van der Waals surface area contributed by atoms with E-state index in [9.17, 15) is 4.79 Å². The fraction of sp³-hybridized carbons (Fsp3) is 0.556. The van der Waals surface area contributed by atoms with Crippen LogP contribution in [0.2, 0.25) is 0 Å². The number of carbonyl (C=O) groups excluding carboxylic acids is 1. The van der Waals surface area contributed by atoms with Crippen molar-refractivity contribution in [1.82, 2.24) is 30.2 Å². The van der Waals surface area contributed by atoms with Crippen LogP contribution in [0.1, 0.15) is 37.2 Å². The van der Waals surface area contributed by atoms with Gasteiger partial charge in [0.1, 0.15) is 5.82 Å². The molecule has 0 radical (unpaired) electrons. The Morgan fingerprint density at radius 1 is 1.36 bits per heavy atom. The van der Waals surface area contributed by atoms with E-state index >= 15 is 0 Å². The van der Waals surface area contributed by atoms with Gasteiger partial charge in [-0.2, -0.15) is 0 Å². The first-order valence-corrected chi connectivity index (χ1v) is 8.89. The topological polar surface area (TPSA) is 86.8 Å². The van der Waals surface area contributed by atoms with Crippen LogP contribution >= 0.6 is 0 Å². The number of hydrogen-bond acceptors (Lipinski definition) is 5. The first-order valence-electron chi connectivity index (χ1n) is 8.89. The number of aryl methyl sites for hydroxylation is 1. The maximum atomic E-state index is 12.7. The molecule has 1 fully saturated rings. The molecule has 2 aromatic heterocycles. The second-order valence-electron chi connectivity index (χ2n) is 6.76. The first kappa shape index (κ1) is 17.5. The van der Waals surface area contributed by atoms with E-state index in [4.69, 9.17) is 0 Å². The molecule has 1 unspecified atom stereocenters. The smallest absolute Gasteiger partial charge is 0.227 e. The number of amides is 1. The molecule has 0 spiro atoms. The Labute approximate surface area is 148 Å². The van der Waals surface area contributed by atoms with E-state index in [0.29, 0.717) is 0 Å². The number of aromatic nitrogens is 4. The molecule has 1 saturated heterocycles. The van der Waals surface area contributed by atoms with Crippen LogP contribution in [0.3, 0.4) is 0 Å². The number of H-pyrrole nitrogens is 1. The highest BCUT2D eigenvalue weighted by molar-refractivity contribution is 5.82. The summed E-state index contributed by atoms with van der Waals surface area (Å²) >= 11 is 0. The quantitative estimate of drug-likeness (QED) is 0.797. The summed E-state index contributed by atoms with van der Waals surface area (Å²) in [6.07, 6.45) is 13.4. The first-order chi connectivity index (χ1) is 12.2. The molecular formula is C18H26N6O. The number of nitrogens with zero attached hydrogens (tertiary/aromatic N) is 4. The van der Waals surface area contributed by atoms with Crippen LogP contribution in [0.4, 0.5) is 0 Å². The largest absolute Gasteiger partial charge is 0.359 e. The summed E-state index contributed by atoms with van der Waals surface area (Å²) in [7, 11) is 1.73. The molecule has 0 saturated carbocycles. The van der Waals surface area contributed by atoms with Gasteiger partial charge in [-0.3, -0.25) is 19.7 Å². The van der Waals surface area contributed by atoms with Gasteiger partial charge < -0.3 is 10.3 Å². The van der Waals surface area contributed by atoms with Gasteiger partial charge in [0.2, 0.25) is 5.91 Å². The predicted octanol–water partition coefficient (Wildman–Crippen LogP) is 1.55. The van der Waals surface area contributed by atoms with Gasteiger partial charge in [0.05, 0.1) is 17.7 Å². The molecule has 1 aliphatic rings. The summed E-state index contributed by atoms with van der Waals surface area (Å²) in [4.78, 5) is 30.9. The molecule has 1 atom stereocenters. The van der Waals surface area contributed by atoms with E-state index in [2.05, 4.69) is 30.2 Å². The molecule has 1 aliphatic heterocycles. The molecule has 2 aromatic rings. The highest BCUT2D eigenvalue weighted by Crippen LogP contribution is 2.36. The van der Waals surface area contributed by atoms with Crippen LogP contribution in [0.25, 0.3) is 0 Å². The van der Waals surface area contributed by atoms with Crippen molar-refractivity contribution in [2.75, 3.05) is 20.1 Å². The van der Waals surface area contributed by atoms with Gasteiger partial charge >= 0.3 is 0 Å². The molecule has 0 bridgehead atoms. The molecule has 0 aromatic carbocycles. The summed E-state index contributed by atoms with van der Waals surface area (Å²) in [5, 5.41) is 2.89. The van der Waals surface area contributed by atoms with E-state index in [1.165, 1.54) is 0 Å². The summed E-state index contributed by atoms with van der Waals surface area (Å²) in [6.45, 7) is 2.54. The van der Waals surface area contributed by atoms with E-state index in [-0.39, 0.29) is 11.3 Å². The van der Waals surface area contributed by atoms with Gasteiger partial charge in [0.15, 0.2) is 0 Å². The minimum absolute atomic E-state index is 0.149. The number of aromatic amines is 1. The van der Waals surface area contributed by atoms with Crippen LogP contribution in [-0.2, 0) is 17.8 Å². The van der Waals surface area contributed by atoms with E-state index in [1.54, 1.807) is 31.8 Å². The van der Waals surface area contributed by atoms with Crippen molar-refractivity contribution in [3.63, 3.8) is 0 Å². The van der Waals surface area contributed by atoms with Gasteiger partial charge in [0, 0.05) is 44.6 Å². The highest BCUT2D eigenvalue weighted by atomic mass is 16.2. The summed E-state index contributed by atoms with van der Waals surface area (Å²) in [5.74, 6) is 1.10. The fourth-order valence-corrected chi connectivity index (χ4v) is 3.79. The average molecular weight is 342 g/mol. The monoisotopic (exact) mass is 342 g/mol. The van der Waals surface area contributed by atoms with Crippen LogP contribution < -0.4 is 5.32 Å². The number of piperidine rings is 1. The minimum Gasteiger partial charge on any atom is -0.359 e. The van der Waals surface area contributed by atoms with Crippen molar-refractivity contribution in [2.24, 2.45) is 5.41 Å². The SMILES string of the molecule is CNC(=O)C1(CCCc2cnccn2)CCCN(Cc2ncc[nH]2)C1. The van der Waals surface area contributed by atoms with E-state index in [0.717, 1.165) is 63.3 Å². The summed E-state index contributed by atoms with van der Waals surface area (Å²) < 4.78 is 0. The van der Waals surface area contributed by atoms with Crippen molar-refractivity contribution in [3.05, 3.63) is 42.5 Å². The molecule has 3 heterocycles. The highest BCUT2D eigenvalue weighted by Gasteiger charge is 2.41. The number of imidazole rings is 1. The standard InChI is InChI=1S/C18H26N6O/c1-19-17(25)18(5-2-4-15-12-20-7-8-21-15)6-3-11-24(14-18)13-16-22-9-10-23-16/h7-10,12H,2-6,11,13-14H2,1H3,(H,19,25)(H,22,23). The number of rotatable bonds is 7. The van der Waals surface area contributed by atoms with Crippen LogP contribution in [0.5, 0.6) is 0 Å².